The molecule has 0 unspecified atom stereocenters. The Hall–Kier alpha value is -2.25. The largest absolute Gasteiger partial charge is 0.393 e. The van der Waals surface area contributed by atoms with Gasteiger partial charge in [-0.1, -0.05) is 29.8 Å². The first-order valence-electron chi connectivity index (χ1n) is 8.87. The van der Waals surface area contributed by atoms with Crippen molar-refractivity contribution in [1.82, 2.24) is 19.7 Å². The average molecular weight is 358 g/mol. The van der Waals surface area contributed by atoms with Gasteiger partial charge in [0.05, 0.1) is 19.8 Å². The van der Waals surface area contributed by atoms with Crippen LogP contribution in [0.2, 0.25) is 0 Å². The van der Waals surface area contributed by atoms with Crippen molar-refractivity contribution in [1.29, 1.82) is 0 Å². The van der Waals surface area contributed by atoms with Crippen molar-refractivity contribution in [3.05, 3.63) is 47.0 Å². The predicted molar refractivity (Wildman–Crippen MR) is 96.7 cm³/mol. The summed E-state index contributed by atoms with van der Waals surface area (Å²) in [6.07, 6.45) is 0.565. The van der Waals surface area contributed by atoms with Crippen molar-refractivity contribution in [3.8, 4) is 0 Å². The molecule has 26 heavy (non-hydrogen) atoms. The van der Waals surface area contributed by atoms with Crippen molar-refractivity contribution in [2.75, 3.05) is 26.3 Å². The van der Waals surface area contributed by atoms with Gasteiger partial charge in [0.15, 0.2) is 0 Å². The number of morpholine rings is 1. The van der Waals surface area contributed by atoms with Gasteiger partial charge in [-0.25, -0.2) is 9.67 Å². The zero-order valence-electron chi connectivity index (χ0n) is 15.6. The summed E-state index contributed by atoms with van der Waals surface area (Å²) in [4.78, 5) is 18.7. The maximum Gasteiger partial charge on any atom is 0.244 e. The second-order valence-electron chi connectivity index (χ2n) is 7.03. The third kappa shape index (κ3) is 4.11. The fraction of sp³-hybridized carbons (Fsp3) is 0.526. The first kappa shape index (κ1) is 18.5. The Balaban J connectivity index is 1.70. The normalized spacial score (nSPS) is 20.4. The zero-order chi connectivity index (χ0) is 18.7. The van der Waals surface area contributed by atoms with E-state index < -0.39 is 5.60 Å². The molecule has 1 aromatic carbocycles. The molecule has 0 saturated carbocycles. The van der Waals surface area contributed by atoms with E-state index in [2.05, 4.69) is 10.1 Å². The maximum atomic E-state index is 12.7. The number of amides is 1. The molecule has 0 radical (unpaired) electrons. The molecule has 1 amide bonds. The molecule has 0 bridgehead atoms. The Labute approximate surface area is 153 Å². The third-order valence-electron chi connectivity index (χ3n) is 4.78. The number of rotatable bonds is 5. The van der Waals surface area contributed by atoms with E-state index in [9.17, 15) is 9.90 Å². The smallest absolute Gasteiger partial charge is 0.244 e. The Kier molecular flexibility index (Phi) is 5.38. The molecule has 1 N–H and O–H groups in total. The topological polar surface area (TPSA) is 80.5 Å². The highest BCUT2D eigenvalue weighted by molar-refractivity contribution is 5.76. The van der Waals surface area contributed by atoms with Crippen LogP contribution in [0.15, 0.2) is 24.3 Å². The number of aliphatic hydroxyl groups excluding tert-OH is 1. The summed E-state index contributed by atoms with van der Waals surface area (Å²) in [5.41, 5.74) is 1.50. The lowest BCUT2D eigenvalue weighted by Crippen LogP contribution is -2.57. The number of aryl methyl sites for hydroxylation is 3. The molecule has 1 aliphatic rings. The molecule has 2 aromatic rings. The number of aliphatic hydroxyl groups is 1. The summed E-state index contributed by atoms with van der Waals surface area (Å²) in [7, 11) is 0. The minimum Gasteiger partial charge on any atom is -0.393 e. The fourth-order valence-corrected chi connectivity index (χ4v) is 3.33. The van der Waals surface area contributed by atoms with E-state index in [0.717, 1.165) is 11.4 Å². The SMILES string of the molecule is Cc1ccc(C[C@]2(CO)CN(C(=O)Cn3nc(C)nc3C)CCO2)cc1. The second-order valence-corrected chi connectivity index (χ2v) is 7.03. The Morgan fingerprint density at radius 3 is 2.62 bits per heavy atom. The molecule has 7 nitrogen and oxygen atoms in total. The first-order valence-corrected chi connectivity index (χ1v) is 8.87. The summed E-state index contributed by atoms with van der Waals surface area (Å²) in [5.74, 6) is 1.33. The van der Waals surface area contributed by atoms with Gasteiger partial charge in [-0.15, -0.1) is 0 Å². The quantitative estimate of drug-likeness (QED) is 0.864. The number of hydrogen-bond donors (Lipinski definition) is 1. The summed E-state index contributed by atoms with van der Waals surface area (Å²) in [5, 5.41) is 14.3. The van der Waals surface area contributed by atoms with Gasteiger partial charge in [0.25, 0.3) is 0 Å². The van der Waals surface area contributed by atoms with Crippen molar-refractivity contribution < 1.29 is 14.6 Å². The van der Waals surface area contributed by atoms with Crippen LogP contribution in [0.25, 0.3) is 0 Å². The fourth-order valence-electron chi connectivity index (χ4n) is 3.33. The van der Waals surface area contributed by atoms with E-state index in [0.29, 0.717) is 31.9 Å². The number of benzene rings is 1. The van der Waals surface area contributed by atoms with Crippen molar-refractivity contribution >= 4 is 5.91 Å². The summed E-state index contributed by atoms with van der Waals surface area (Å²) in [6.45, 7) is 6.99. The van der Waals surface area contributed by atoms with Gasteiger partial charge in [0.1, 0.15) is 23.8 Å². The van der Waals surface area contributed by atoms with Gasteiger partial charge in [0, 0.05) is 13.0 Å². The highest BCUT2D eigenvalue weighted by Gasteiger charge is 2.38. The van der Waals surface area contributed by atoms with Gasteiger partial charge in [-0.3, -0.25) is 4.79 Å². The summed E-state index contributed by atoms with van der Waals surface area (Å²) < 4.78 is 7.55. The van der Waals surface area contributed by atoms with Gasteiger partial charge in [0.2, 0.25) is 5.91 Å². The number of aromatic nitrogens is 3. The molecule has 1 aromatic heterocycles. The maximum absolute atomic E-state index is 12.7. The molecular weight excluding hydrogens is 332 g/mol. The predicted octanol–water partition coefficient (Wildman–Crippen LogP) is 1.04. The van der Waals surface area contributed by atoms with Gasteiger partial charge in [-0.05, 0) is 26.3 Å². The molecule has 2 heterocycles. The standard InChI is InChI=1S/C19H26N4O3/c1-14-4-6-17(7-5-14)10-19(13-24)12-22(8-9-26-19)18(25)11-23-16(3)20-15(2)21-23/h4-7,24H,8-13H2,1-3H3/t19-/m1/s1. The third-order valence-corrected chi connectivity index (χ3v) is 4.78. The molecule has 1 atom stereocenters. The number of hydrogen-bond acceptors (Lipinski definition) is 5. The number of carbonyl (C=O) groups is 1. The first-order chi connectivity index (χ1) is 12.4. The number of carbonyl (C=O) groups excluding carboxylic acids is 1. The van der Waals surface area contributed by atoms with Crippen LogP contribution in [0, 0.1) is 20.8 Å². The van der Waals surface area contributed by atoms with E-state index in [-0.39, 0.29) is 19.1 Å². The van der Waals surface area contributed by atoms with Gasteiger partial charge < -0.3 is 14.7 Å². The highest BCUT2D eigenvalue weighted by Crippen LogP contribution is 2.23. The van der Waals surface area contributed by atoms with Crippen LogP contribution in [-0.4, -0.2) is 62.6 Å². The van der Waals surface area contributed by atoms with E-state index in [4.69, 9.17) is 4.74 Å². The lowest BCUT2D eigenvalue weighted by molar-refractivity contribution is -0.158. The van der Waals surface area contributed by atoms with E-state index in [1.54, 1.807) is 16.5 Å². The lowest BCUT2D eigenvalue weighted by atomic mass is 9.92. The van der Waals surface area contributed by atoms with Crippen LogP contribution in [0.5, 0.6) is 0 Å². The second kappa shape index (κ2) is 7.55. The van der Waals surface area contributed by atoms with Crippen molar-refractivity contribution in [2.45, 2.75) is 39.3 Å². The van der Waals surface area contributed by atoms with Crippen molar-refractivity contribution in [3.63, 3.8) is 0 Å². The Morgan fingerprint density at radius 1 is 1.27 bits per heavy atom. The molecule has 0 spiro atoms. The molecule has 7 heteroatoms. The van der Waals surface area contributed by atoms with E-state index in [1.807, 2.05) is 38.1 Å². The number of ether oxygens (including phenoxy) is 1. The molecule has 1 saturated heterocycles. The Bertz CT molecular complexity index is 772. The highest BCUT2D eigenvalue weighted by atomic mass is 16.5. The molecule has 140 valence electrons. The zero-order valence-corrected chi connectivity index (χ0v) is 15.6. The van der Waals surface area contributed by atoms with E-state index >= 15 is 0 Å². The van der Waals surface area contributed by atoms with Crippen LogP contribution >= 0.6 is 0 Å². The van der Waals surface area contributed by atoms with Crippen LogP contribution in [0.1, 0.15) is 22.8 Å². The van der Waals surface area contributed by atoms with Gasteiger partial charge >= 0.3 is 0 Å². The molecule has 0 aliphatic carbocycles. The van der Waals surface area contributed by atoms with Crippen molar-refractivity contribution in [2.24, 2.45) is 0 Å². The van der Waals surface area contributed by atoms with Crippen LogP contribution < -0.4 is 0 Å². The minimum atomic E-state index is -0.767. The van der Waals surface area contributed by atoms with Crippen LogP contribution in [-0.2, 0) is 22.5 Å². The average Bonchev–Trinajstić information content (AvgIpc) is 2.94. The monoisotopic (exact) mass is 358 g/mol. The molecule has 1 aliphatic heterocycles. The van der Waals surface area contributed by atoms with E-state index in [1.165, 1.54) is 5.56 Å². The minimum absolute atomic E-state index is 0.0389. The number of nitrogens with zero attached hydrogens (tertiary/aromatic N) is 4. The van der Waals surface area contributed by atoms with Crippen LogP contribution in [0.3, 0.4) is 0 Å². The van der Waals surface area contributed by atoms with Crippen LogP contribution in [0.4, 0.5) is 0 Å². The summed E-state index contributed by atoms with van der Waals surface area (Å²) >= 11 is 0. The molecular formula is C19H26N4O3. The Morgan fingerprint density at radius 2 is 2.00 bits per heavy atom. The lowest BCUT2D eigenvalue weighted by Gasteiger charge is -2.42. The summed E-state index contributed by atoms with van der Waals surface area (Å²) in [6, 6.07) is 8.17. The molecule has 3 rings (SSSR count). The molecule has 1 fully saturated rings. The van der Waals surface area contributed by atoms with Gasteiger partial charge in [-0.2, -0.15) is 5.10 Å².